The van der Waals surface area contributed by atoms with Crippen molar-refractivity contribution in [1.29, 1.82) is 0 Å². The van der Waals surface area contributed by atoms with Gasteiger partial charge in [-0.05, 0) is 25.1 Å². The Labute approximate surface area is 139 Å². The SMILES string of the molecule is C[C@@H](OC(=O)c1n[nH]c2ccccc12)C(=O)N(C)c1ccccc1. The highest BCUT2D eigenvalue weighted by atomic mass is 16.5. The zero-order valence-corrected chi connectivity index (χ0v) is 13.4. The van der Waals surface area contributed by atoms with Crippen LogP contribution in [0.1, 0.15) is 17.4 Å². The first kappa shape index (κ1) is 15.7. The number of aromatic amines is 1. The van der Waals surface area contributed by atoms with Crippen LogP contribution in [0, 0.1) is 0 Å². The summed E-state index contributed by atoms with van der Waals surface area (Å²) < 4.78 is 5.29. The van der Waals surface area contributed by atoms with Gasteiger partial charge in [0.25, 0.3) is 5.91 Å². The van der Waals surface area contributed by atoms with Crippen LogP contribution in [0.5, 0.6) is 0 Å². The fourth-order valence-corrected chi connectivity index (χ4v) is 2.44. The number of nitrogens with zero attached hydrogens (tertiary/aromatic N) is 2. The maximum atomic E-state index is 12.4. The maximum absolute atomic E-state index is 12.4. The molecule has 1 N–H and O–H groups in total. The van der Waals surface area contributed by atoms with Crippen molar-refractivity contribution in [2.24, 2.45) is 0 Å². The smallest absolute Gasteiger partial charge is 0.360 e. The van der Waals surface area contributed by atoms with Crippen LogP contribution in [-0.4, -0.2) is 35.2 Å². The lowest BCUT2D eigenvalue weighted by atomic mass is 10.2. The van der Waals surface area contributed by atoms with E-state index in [4.69, 9.17) is 4.74 Å². The molecule has 2 aromatic carbocycles. The van der Waals surface area contributed by atoms with Crippen LogP contribution in [0.2, 0.25) is 0 Å². The summed E-state index contributed by atoms with van der Waals surface area (Å²) in [5.74, 6) is -0.941. The van der Waals surface area contributed by atoms with Crippen LogP contribution >= 0.6 is 0 Å². The van der Waals surface area contributed by atoms with Gasteiger partial charge < -0.3 is 9.64 Å². The lowest BCUT2D eigenvalue weighted by Gasteiger charge is -2.21. The Balaban J connectivity index is 1.73. The van der Waals surface area contributed by atoms with Crippen LogP contribution in [0.3, 0.4) is 0 Å². The Morgan fingerprint density at radius 3 is 2.50 bits per heavy atom. The predicted molar refractivity (Wildman–Crippen MR) is 90.8 cm³/mol. The van der Waals surface area contributed by atoms with Gasteiger partial charge in [0.1, 0.15) is 0 Å². The summed E-state index contributed by atoms with van der Waals surface area (Å²) in [6, 6.07) is 16.4. The van der Waals surface area contributed by atoms with Gasteiger partial charge in [0, 0.05) is 18.1 Å². The Morgan fingerprint density at radius 1 is 1.08 bits per heavy atom. The molecule has 3 rings (SSSR count). The minimum atomic E-state index is -0.918. The highest BCUT2D eigenvalue weighted by molar-refractivity contribution is 6.03. The van der Waals surface area contributed by atoms with Crippen molar-refractivity contribution in [3.63, 3.8) is 0 Å². The van der Waals surface area contributed by atoms with E-state index in [0.717, 1.165) is 11.2 Å². The summed E-state index contributed by atoms with van der Waals surface area (Å²) in [7, 11) is 1.64. The molecule has 0 aliphatic rings. The number of carbonyl (C=O) groups excluding carboxylic acids is 2. The molecule has 0 aliphatic heterocycles. The number of aromatic nitrogens is 2. The van der Waals surface area contributed by atoms with Gasteiger partial charge in [0.15, 0.2) is 11.8 Å². The Kier molecular flexibility index (Phi) is 4.29. The molecule has 0 radical (unpaired) electrons. The van der Waals surface area contributed by atoms with Gasteiger partial charge in [0.2, 0.25) is 0 Å². The van der Waals surface area contributed by atoms with E-state index < -0.39 is 12.1 Å². The standard InChI is InChI=1S/C18H17N3O3/c1-12(17(22)21(2)13-8-4-3-5-9-13)24-18(23)16-14-10-6-7-11-15(14)19-20-16/h3-12H,1-2H3,(H,19,20)/t12-/m1/s1. The lowest BCUT2D eigenvalue weighted by Crippen LogP contribution is -2.37. The van der Waals surface area contributed by atoms with Crippen molar-refractivity contribution in [2.75, 3.05) is 11.9 Å². The molecular formula is C18H17N3O3. The van der Waals surface area contributed by atoms with Crippen LogP contribution in [0.4, 0.5) is 5.69 Å². The van der Waals surface area contributed by atoms with Crippen LogP contribution in [0.25, 0.3) is 10.9 Å². The Hall–Kier alpha value is -3.15. The Morgan fingerprint density at radius 2 is 1.75 bits per heavy atom. The first-order chi connectivity index (χ1) is 11.6. The highest BCUT2D eigenvalue weighted by Gasteiger charge is 2.25. The average molecular weight is 323 g/mol. The molecule has 0 bridgehead atoms. The molecule has 1 aromatic heterocycles. The number of nitrogens with one attached hydrogen (secondary N) is 1. The van der Waals surface area contributed by atoms with Gasteiger partial charge >= 0.3 is 5.97 Å². The molecular weight excluding hydrogens is 306 g/mol. The van der Waals surface area contributed by atoms with E-state index >= 15 is 0 Å². The molecule has 122 valence electrons. The monoisotopic (exact) mass is 323 g/mol. The van der Waals surface area contributed by atoms with Crippen molar-refractivity contribution >= 4 is 28.5 Å². The molecule has 1 heterocycles. The molecule has 1 atom stereocenters. The number of hydrogen-bond acceptors (Lipinski definition) is 4. The largest absolute Gasteiger partial charge is 0.448 e. The van der Waals surface area contributed by atoms with E-state index in [1.54, 1.807) is 20.0 Å². The van der Waals surface area contributed by atoms with Gasteiger partial charge in [-0.25, -0.2) is 4.79 Å². The molecule has 24 heavy (non-hydrogen) atoms. The van der Waals surface area contributed by atoms with Crippen LogP contribution in [-0.2, 0) is 9.53 Å². The average Bonchev–Trinajstić information content (AvgIpc) is 3.05. The molecule has 0 fully saturated rings. The topological polar surface area (TPSA) is 75.3 Å². The number of carbonyl (C=O) groups is 2. The second-order valence-corrected chi connectivity index (χ2v) is 5.40. The summed E-state index contributed by atoms with van der Waals surface area (Å²) in [6.07, 6.45) is -0.918. The normalized spacial score (nSPS) is 11.9. The first-order valence-electron chi connectivity index (χ1n) is 7.54. The van der Waals surface area contributed by atoms with E-state index in [1.807, 2.05) is 48.5 Å². The number of esters is 1. The zero-order valence-electron chi connectivity index (χ0n) is 13.4. The summed E-state index contributed by atoms with van der Waals surface area (Å²) in [6.45, 7) is 1.55. The Bertz CT molecular complexity index is 873. The van der Waals surface area contributed by atoms with Crippen molar-refractivity contribution < 1.29 is 14.3 Å². The van der Waals surface area contributed by atoms with Crippen molar-refractivity contribution in [2.45, 2.75) is 13.0 Å². The summed E-state index contributed by atoms with van der Waals surface area (Å²) in [5, 5.41) is 7.43. The summed E-state index contributed by atoms with van der Waals surface area (Å²) >= 11 is 0. The number of para-hydroxylation sites is 2. The minimum absolute atomic E-state index is 0.174. The molecule has 0 aliphatic carbocycles. The second kappa shape index (κ2) is 6.54. The molecule has 0 saturated carbocycles. The first-order valence-corrected chi connectivity index (χ1v) is 7.54. The summed E-state index contributed by atoms with van der Waals surface area (Å²) in [4.78, 5) is 26.2. The van der Waals surface area contributed by atoms with Gasteiger partial charge in [-0.15, -0.1) is 0 Å². The van der Waals surface area contributed by atoms with Crippen molar-refractivity contribution in [3.05, 3.63) is 60.3 Å². The van der Waals surface area contributed by atoms with E-state index in [2.05, 4.69) is 10.2 Å². The van der Waals surface area contributed by atoms with Crippen molar-refractivity contribution in [1.82, 2.24) is 10.2 Å². The minimum Gasteiger partial charge on any atom is -0.448 e. The highest BCUT2D eigenvalue weighted by Crippen LogP contribution is 2.18. The molecule has 0 unspecified atom stereocenters. The van der Waals surface area contributed by atoms with Gasteiger partial charge in [-0.3, -0.25) is 9.89 Å². The zero-order chi connectivity index (χ0) is 17.1. The van der Waals surface area contributed by atoms with E-state index in [9.17, 15) is 9.59 Å². The summed E-state index contributed by atoms with van der Waals surface area (Å²) in [5.41, 5.74) is 1.65. The molecule has 6 heteroatoms. The van der Waals surface area contributed by atoms with E-state index in [-0.39, 0.29) is 11.6 Å². The fourth-order valence-electron chi connectivity index (χ4n) is 2.44. The number of anilines is 1. The number of amides is 1. The molecule has 3 aromatic rings. The lowest BCUT2D eigenvalue weighted by molar-refractivity contribution is -0.126. The number of likely N-dealkylation sites (N-methyl/N-ethyl adjacent to an activating group) is 1. The van der Waals surface area contributed by atoms with Gasteiger partial charge in [-0.2, -0.15) is 5.10 Å². The quantitative estimate of drug-likeness (QED) is 0.749. The van der Waals surface area contributed by atoms with E-state index in [1.165, 1.54) is 4.90 Å². The predicted octanol–water partition coefficient (Wildman–Crippen LogP) is 2.77. The molecule has 0 spiro atoms. The van der Waals surface area contributed by atoms with E-state index in [0.29, 0.717) is 5.39 Å². The third-order valence-electron chi connectivity index (χ3n) is 3.77. The maximum Gasteiger partial charge on any atom is 0.360 e. The van der Waals surface area contributed by atoms with Gasteiger partial charge in [-0.1, -0.05) is 36.4 Å². The second-order valence-electron chi connectivity index (χ2n) is 5.40. The van der Waals surface area contributed by atoms with Crippen LogP contribution in [0.15, 0.2) is 54.6 Å². The van der Waals surface area contributed by atoms with Crippen molar-refractivity contribution in [3.8, 4) is 0 Å². The number of hydrogen-bond donors (Lipinski definition) is 1. The third-order valence-corrected chi connectivity index (χ3v) is 3.77. The molecule has 1 amide bonds. The van der Waals surface area contributed by atoms with Gasteiger partial charge in [0.05, 0.1) is 5.52 Å². The fraction of sp³-hybridized carbons (Fsp3) is 0.167. The molecule has 0 saturated heterocycles. The molecule has 6 nitrogen and oxygen atoms in total. The number of H-pyrrole nitrogens is 1. The number of benzene rings is 2. The number of fused-ring (bicyclic) bond motifs is 1. The third kappa shape index (κ3) is 2.99. The van der Waals surface area contributed by atoms with Crippen LogP contribution < -0.4 is 4.90 Å². The number of rotatable bonds is 4. The number of ether oxygens (including phenoxy) is 1.